The second-order valence-corrected chi connectivity index (χ2v) is 9.71. The summed E-state index contributed by atoms with van der Waals surface area (Å²) in [6, 6.07) is 6.43. The third-order valence-electron chi connectivity index (χ3n) is 4.23. The van der Waals surface area contributed by atoms with E-state index in [1.807, 2.05) is 6.92 Å². The Morgan fingerprint density at radius 3 is 2.48 bits per heavy atom. The number of anilines is 1. The predicted molar refractivity (Wildman–Crippen MR) is 109 cm³/mol. The van der Waals surface area contributed by atoms with Crippen LogP contribution in [0.3, 0.4) is 0 Å². The normalized spacial score (nSPS) is 11.5. The number of hydrogen-bond acceptors (Lipinski definition) is 5. The maximum Gasteiger partial charge on any atom is 0.269 e. The van der Waals surface area contributed by atoms with Gasteiger partial charge in [0, 0.05) is 17.1 Å². The summed E-state index contributed by atoms with van der Waals surface area (Å²) in [5.74, 6) is -1.63. The molecule has 0 atom stereocenters. The van der Waals surface area contributed by atoms with Gasteiger partial charge in [0.25, 0.3) is 10.0 Å². The summed E-state index contributed by atoms with van der Waals surface area (Å²) < 4.78 is 60.7. The number of hydrogen-bond donors (Lipinski definition) is 0. The molecular formula is C19H17ClF2N2O3S2. The lowest BCUT2D eigenvalue weighted by Gasteiger charge is -2.23. The van der Waals surface area contributed by atoms with Crippen LogP contribution in [0, 0.1) is 25.5 Å². The fourth-order valence-corrected chi connectivity index (χ4v) is 5.33. The van der Waals surface area contributed by atoms with Gasteiger partial charge in [0.15, 0.2) is 5.13 Å². The molecule has 154 valence electrons. The first-order valence-electron chi connectivity index (χ1n) is 8.36. The Morgan fingerprint density at radius 2 is 1.90 bits per heavy atom. The molecule has 3 rings (SSSR count). The van der Waals surface area contributed by atoms with Gasteiger partial charge in [-0.2, -0.15) is 0 Å². The van der Waals surface area contributed by atoms with E-state index >= 15 is 0 Å². The Bertz CT molecular complexity index is 1170. The van der Waals surface area contributed by atoms with Gasteiger partial charge in [0.1, 0.15) is 22.3 Å². The average molecular weight is 459 g/mol. The summed E-state index contributed by atoms with van der Waals surface area (Å²) in [7, 11) is -2.89. The van der Waals surface area contributed by atoms with E-state index < -0.39 is 31.6 Å². The van der Waals surface area contributed by atoms with Crippen molar-refractivity contribution < 1.29 is 21.9 Å². The number of nitrogens with zero attached hydrogens (tertiary/aromatic N) is 2. The Kier molecular flexibility index (Phi) is 6.11. The molecule has 0 saturated carbocycles. The van der Waals surface area contributed by atoms with Gasteiger partial charge in [-0.25, -0.2) is 26.5 Å². The second kappa shape index (κ2) is 8.25. The highest BCUT2D eigenvalue weighted by atomic mass is 35.5. The number of aryl methyl sites for hydroxylation is 2. The van der Waals surface area contributed by atoms with E-state index in [2.05, 4.69) is 4.98 Å². The van der Waals surface area contributed by atoms with Crippen LogP contribution in [0.1, 0.15) is 16.0 Å². The number of sulfonamides is 1. The molecule has 0 spiro atoms. The molecule has 0 N–H and O–H groups in total. The first-order valence-corrected chi connectivity index (χ1v) is 11.0. The molecule has 0 bridgehead atoms. The summed E-state index contributed by atoms with van der Waals surface area (Å²) in [5, 5.41) is -0.321. The van der Waals surface area contributed by atoms with Crippen molar-refractivity contribution >= 4 is 38.1 Å². The molecular weight excluding hydrogens is 442 g/mol. The molecule has 0 fully saturated rings. The van der Waals surface area contributed by atoms with E-state index in [1.165, 1.54) is 13.3 Å². The predicted octanol–water partition coefficient (Wildman–Crippen LogP) is 5.10. The van der Waals surface area contributed by atoms with Crippen LogP contribution in [-0.4, -0.2) is 20.5 Å². The van der Waals surface area contributed by atoms with Crippen LogP contribution in [0.5, 0.6) is 5.75 Å². The summed E-state index contributed by atoms with van der Waals surface area (Å²) in [5.41, 5.74) is 1.46. The van der Waals surface area contributed by atoms with E-state index in [0.29, 0.717) is 17.4 Å². The average Bonchev–Trinajstić information content (AvgIpc) is 3.09. The Balaban J connectivity index is 2.13. The van der Waals surface area contributed by atoms with Crippen molar-refractivity contribution in [1.82, 2.24) is 4.98 Å². The molecule has 2 aromatic carbocycles. The number of methoxy groups -OCH3 is 1. The van der Waals surface area contributed by atoms with Crippen LogP contribution in [0.25, 0.3) is 0 Å². The van der Waals surface area contributed by atoms with E-state index in [9.17, 15) is 17.2 Å². The van der Waals surface area contributed by atoms with Crippen molar-refractivity contribution in [3.63, 3.8) is 0 Å². The Hall–Kier alpha value is -2.23. The summed E-state index contributed by atoms with van der Waals surface area (Å²) in [6.45, 7) is 3.49. The maximum absolute atomic E-state index is 14.4. The first-order chi connectivity index (χ1) is 13.6. The minimum atomic E-state index is -4.42. The first kappa shape index (κ1) is 21.5. The molecule has 5 nitrogen and oxygen atoms in total. The lowest BCUT2D eigenvalue weighted by molar-refractivity contribution is 0.414. The van der Waals surface area contributed by atoms with Gasteiger partial charge in [-0.15, -0.1) is 11.3 Å². The van der Waals surface area contributed by atoms with Crippen LogP contribution in [-0.2, 0) is 16.6 Å². The fraction of sp³-hybridized carbons (Fsp3) is 0.211. The molecule has 0 saturated heterocycles. The molecule has 29 heavy (non-hydrogen) atoms. The van der Waals surface area contributed by atoms with Crippen molar-refractivity contribution in [3.8, 4) is 5.75 Å². The summed E-state index contributed by atoms with van der Waals surface area (Å²) >= 11 is 6.86. The van der Waals surface area contributed by atoms with Gasteiger partial charge in [-0.3, -0.25) is 0 Å². The van der Waals surface area contributed by atoms with Crippen molar-refractivity contribution in [2.75, 3.05) is 11.4 Å². The lowest BCUT2D eigenvalue weighted by atomic mass is 10.1. The maximum atomic E-state index is 14.4. The largest absolute Gasteiger partial charge is 0.497 e. The highest BCUT2D eigenvalue weighted by Gasteiger charge is 2.31. The van der Waals surface area contributed by atoms with E-state index in [-0.39, 0.29) is 11.7 Å². The van der Waals surface area contributed by atoms with E-state index in [4.69, 9.17) is 16.3 Å². The topological polar surface area (TPSA) is 59.5 Å². The zero-order chi connectivity index (χ0) is 21.3. The second-order valence-electron chi connectivity index (χ2n) is 6.25. The molecule has 0 unspecified atom stereocenters. The van der Waals surface area contributed by atoms with Gasteiger partial charge in [0.2, 0.25) is 0 Å². The Morgan fingerprint density at radius 1 is 1.17 bits per heavy atom. The standard InChI is InChI=1S/C19H17ClF2N2O3S2/c1-11-6-14(27-3)5-4-13(11)10-24(19-23-9-12(2)28-19)29(25,26)18-7-15(20)16(21)8-17(18)22/h4-9H,10H2,1-3H3. The van der Waals surface area contributed by atoms with E-state index in [0.717, 1.165) is 32.1 Å². The molecule has 10 heteroatoms. The van der Waals surface area contributed by atoms with E-state index in [1.54, 1.807) is 25.1 Å². The molecule has 1 aromatic heterocycles. The lowest BCUT2D eigenvalue weighted by Crippen LogP contribution is -2.31. The van der Waals surface area contributed by atoms with Gasteiger partial charge < -0.3 is 4.74 Å². The third kappa shape index (κ3) is 4.36. The van der Waals surface area contributed by atoms with Gasteiger partial charge in [0.05, 0.1) is 18.7 Å². The minimum absolute atomic E-state index is 0.0977. The van der Waals surface area contributed by atoms with Crippen LogP contribution in [0.4, 0.5) is 13.9 Å². The van der Waals surface area contributed by atoms with Crippen LogP contribution in [0.15, 0.2) is 41.4 Å². The number of benzene rings is 2. The highest BCUT2D eigenvalue weighted by Crippen LogP contribution is 2.33. The van der Waals surface area contributed by atoms with Crippen LogP contribution in [0.2, 0.25) is 5.02 Å². The minimum Gasteiger partial charge on any atom is -0.497 e. The molecule has 0 amide bonds. The molecule has 0 aliphatic heterocycles. The SMILES string of the molecule is COc1ccc(CN(c2ncc(C)s2)S(=O)(=O)c2cc(Cl)c(F)cc2F)c(C)c1. The molecule has 0 radical (unpaired) electrons. The molecule has 3 aromatic rings. The fourth-order valence-electron chi connectivity index (χ4n) is 2.66. The molecule has 0 aliphatic carbocycles. The van der Waals surface area contributed by atoms with Crippen LogP contribution >= 0.6 is 22.9 Å². The number of rotatable bonds is 6. The monoisotopic (exact) mass is 458 g/mol. The summed E-state index contributed by atoms with van der Waals surface area (Å²) in [6.07, 6.45) is 1.53. The highest BCUT2D eigenvalue weighted by molar-refractivity contribution is 7.93. The number of halogens is 3. The smallest absolute Gasteiger partial charge is 0.269 e. The van der Waals surface area contributed by atoms with Gasteiger partial charge >= 0.3 is 0 Å². The van der Waals surface area contributed by atoms with Crippen molar-refractivity contribution in [1.29, 1.82) is 0 Å². The van der Waals surface area contributed by atoms with Gasteiger partial charge in [-0.05, 0) is 43.2 Å². The van der Waals surface area contributed by atoms with Crippen molar-refractivity contribution in [2.24, 2.45) is 0 Å². The molecule has 0 aliphatic rings. The zero-order valence-corrected chi connectivity index (χ0v) is 18.1. The number of aromatic nitrogens is 1. The quantitative estimate of drug-likeness (QED) is 0.482. The Labute approximate surface area is 176 Å². The zero-order valence-electron chi connectivity index (χ0n) is 15.7. The molecule has 1 heterocycles. The number of thiazole rings is 1. The van der Waals surface area contributed by atoms with Gasteiger partial charge in [-0.1, -0.05) is 17.7 Å². The van der Waals surface area contributed by atoms with Crippen molar-refractivity contribution in [2.45, 2.75) is 25.3 Å². The number of ether oxygens (including phenoxy) is 1. The third-order valence-corrected chi connectivity index (χ3v) is 7.32. The van der Waals surface area contributed by atoms with Crippen LogP contribution < -0.4 is 9.04 Å². The summed E-state index contributed by atoms with van der Waals surface area (Å²) in [4.78, 5) is 4.21. The van der Waals surface area contributed by atoms with Crippen molar-refractivity contribution in [3.05, 3.63) is 69.2 Å².